The Hall–Kier alpha value is -2.57. The molecule has 2 amide bonds. The Bertz CT molecular complexity index is 927. The second kappa shape index (κ2) is 9.06. The summed E-state index contributed by atoms with van der Waals surface area (Å²) in [6.45, 7) is 6.65. The number of piperazine rings is 1. The SMILES string of the molecule is CC(=O)N1c2ccccc2CC1C(=O)NCCN1CCN(c2cccc(Cl)c2)CC1. The lowest BCUT2D eigenvalue weighted by Gasteiger charge is -2.36. The lowest BCUT2D eigenvalue weighted by molar-refractivity contribution is -0.125. The lowest BCUT2D eigenvalue weighted by Crippen LogP contribution is -2.51. The van der Waals surface area contributed by atoms with Crippen molar-refractivity contribution in [1.29, 1.82) is 0 Å². The summed E-state index contributed by atoms with van der Waals surface area (Å²) in [6, 6.07) is 15.2. The number of carbonyl (C=O) groups excluding carboxylic acids is 2. The van der Waals surface area contributed by atoms with Crippen molar-refractivity contribution in [3.63, 3.8) is 0 Å². The van der Waals surface area contributed by atoms with E-state index in [-0.39, 0.29) is 11.8 Å². The summed E-state index contributed by atoms with van der Waals surface area (Å²) < 4.78 is 0. The summed E-state index contributed by atoms with van der Waals surface area (Å²) >= 11 is 6.10. The quantitative estimate of drug-likeness (QED) is 0.798. The average molecular weight is 427 g/mol. The van der Waals surface area contributed by atoms with Crippen LogP contribution in [0, 0.1) is 0 Å². The van der Waals surface area contributed by atoms with Gasteiger partial charge < -0.3 is 10.2 Å². The molecule has 2 aliphatic rings. The number of amides is 2. The number of benzene rings is 2. The highest BCUT2D eigenvalue weighted by Crippen LogP contribution is 2.32. The monoisotopic (exact) mass is 426 g/mol. The Morgan fingerprint density at radius 2 is 1.83 bits per heavy atom. The smallest absolute Gasteiger partial charge is 0.243 e. The van der Waals surface area contributed by atoms with Crippen LogP contribution in [0.5, 0.6) is 0 Å². The summed E-state index contributed by atoms with van der Waals surface area (Å²) in [7, 11) is 0. The average Bonchev–Trinajstić information content (AvgIpc) is 3.14. The Morgan fingerprint density at radius 3 is 2.57 bits per heavy atom. The van der Waals surface area contributed by atoms with Crippen LogP contribution < -0.4 is 15.1 Å². The first kappa shape index (κ1) is 20.7. The van der Waals surface area contributed by atoms with Crippen molar-refractivity contribution in [2.75, 3.05) is 49.1 Å². The second-order valence-electron chi connectivity index (χ2n) is 7.84. The van der Waals surface area contributed by atoms with E-state index in [2.05, 4.69) is 21.2 Å². The molecule has 2 aromatic carbocycles. The number of carbonyl (C=O) groups is 2. The minimum Gasteiger partial charge on any atom is -0.369 e. The largest absolute Gasteiger partial charge is 0.369 e. The molecule has 2 aliphatic heterocycles. The third-order valence-electron chi connectivity index (χ3n) is 5.89. The summed E-state index contributed by atoms with van der Waals surface area (Å²) in [4.78, 5) is 31.2. The maximum atomic E-state index is 12.8. The van der Waals surface area contributed by atoms with E-state index >= 15 is 0 Å². The maximum Gasteiger partial charge on any atom is 0.243 e. The minimum atomic E-state index is -0.459. The van der Waals surface area contributed by atoms with Gasteiger partial charge in [-0.2, -0.15) is 0 Å². The van der Waals surface area contributed by atoms with E-state index in [9.17, 15) is 9.59 Å². The van der Waals surface area contributed by atoms with E-state index < -0.39 is 6.04 Å². The fourth-order valence-electron chi connectivity index (χ4n) is 4.34. The molecular weight excluding hydrogens is 400 g/mol. The standard InChI is InChI=1S/C23H27ClN4O2/c1-17(29)28-21-8-3-2-5-18(21)15-22(28)23(30)25-9-10-26-11-13-27(14-12-26)20-7-4-6-19(24)16-20/h2-8,16,22H,9-15H2,1H3,(H,25,30). The fourth-order valence-corrected chi connectivity index (χ4v) is 4.53. The summed E-state index contributed by atoms with van der Waals surface area (Å²) in [5.41, 5.74) is 3.05. The number of rotatable bonds is 5. The van der Waals surface area contributed by atoms with Gasteiger partial charge in [0, 0.05) is 69.0 Å². The van der Waals surface area contributed by atoms with Gasteiger partial charge in [-0.15, -0.1) is 0 Å². The molecule has 0 saturated carbocycles. The molecule has 0 bridgehead atoms. The van der Waals surface area contributed by atoms with Crippen LogP contribution in [0.3, 0.4) is 0 Å². The highest BCUT2D eigenvalue weighted by atomic mass is 35.5. The van der Waals surface area contributed by atoms with Crippen molar-refractivity contribution in [3.8, 4) is 0 Å². The molecular formula is C23H27ClN4O2. The van der Waals surface area contributed by atoms with E-state index in [4.69, 9.17) is 11.6 Å². The van der Waals surface area contributed by atoms with Gasteiger partial charge in [0.25, 0.3) is 0 Å². The molecule has 30 heavy (non-hydrogen) atoms. The molecule has 2 heterocycles. The van der Waals surface area contributed by atoms with Crippen LogP contribution in [0.2, 0.25) is 5.02 Å². The van der Waals surface area contributed by atoms with Crippen LogP contribution >= 0.6 is 11.6 Å². The first-order valence-electron chi connectivity index (χ1n) is 10.4. The molecule has 0 radical (unpaired) electrons. The number of anilines is 2. The number of hydrogen-bond acceptors (Lipinski definition) is 4. The van der Waals surface area contributed by atoms with Crippen LogP contribution in [-0.2, 0) is 16.0 Å². The number of nitrogens with zero attached hydrogens (tertiary/aromatic N) is 3. The van der Waals surface area contributed by atoms with Gasteiger partial charge in [0.05, 0.1) is 0 Å². The highest BCUT2D eigenvalue weighted by Gasteiger charge is 2.36. The Kier molecular flexibility index (Phi) is 6.25. The fraction of sp³-hybridized carbons (Fsp3) is 0.391. The van der Waals surface area contributed by atoms with Gasteiger partial charge >= 0.3 is 0 Å². The Balaban J connectivity index is 1.25. The number of hydrogen-bond donors (Lipinski definition) is 1. The third-order valence-corrected chi connectivity index (χ3v) is 6.13. The molecule has 6 nitrogen and oxygen atoms in total. The van der Waals surface area contributed by atoms with Crippen LogP contribution in [0.25, 0.3) is 0 Å². The third kappa shape index (κ3) is 4.45. The topological polar surface area (TPSA) is 55.9 Å². The zero-order chi connectivity index (χ0) is 21.1. The highest BCUT2D eigenvalue weighted by molar-refractivity contribution is 6.30. The van der Waals surface area contributed by atoms with E-state index in [0.717, 1.165) is 54.7 Å². The van der Waals surface area contributed by atoms with Crippen molar-refractivity contribution in [2.24, 2.45) is 0 Å². The van der Waals surface area contributed by atoms with E-state index in [1.807, 2.05) is 42.5 Å². The summed E-state index contributed by atoms with van der Waals surface area (Å²) in [5.74, 6) is -0.184. The van der Waals surface area contributed by atoms with Crippen molar-refractivity contribution in [1.82, 2.24) is 10.2 Å². The molecule has 0 aromatic heterocycles. The van der Waals surface area contributed by atoms with Crippen molar-refractivity contribution >= 4 is 34.8 Å². The zero-order valence-electron chi connectivity index (χ0n) is 17.2. The van der Waals surface area contributed by atoms with Crippen molar-refractivity contribution < 1.29 is 9.59 Å². The van der Waals surface area contributed by atoms with Gasteiger partial charge in [-0.3, -0.25) is 19.4 Å². The van der Waals surface area contributed by atoms with E-state index in [1.54, 1.807) is 4.90 Å². The first-order valence-corrected chi connectivity index (χ1v) is 10.8. The van der Waals surface area contributed by atoms with Crippen molar-refractivity contribution in [2.45, 2.75) is 19.4 Å². The van der Waals surface area contributed by atoms with Gasteiger partial charge in [0.15, 0.2) is 0 Å². The predicted octanol–water partition coefficient (Wildman–Crippen LogP) is 2.56. The Labute approximate surface area is 182 Å². The zero-order valence-corrected chi connectivity index (χ0v) is 17.9. The van der Waals surface area contributed by atoms with Gasteiger partial charge in [-0.25, -0.2) is 0 Å². The molecule has 0 spiro atoms. The van der Waals surface area contributed by atoms with Gasteiger partial charge in [-0.1, -0.05) is 35.9 Å². The van der Waals surface area contributed by atoms with Crippen LogP contribution in [0.15, 0.2) is 48.5 Å². The Morgan fingerprint density at radius 1 is 1.07 bits per heavy atom. The molecule has 1 fully saturated rings. The molecule has 0 aliphatic carbocycles. The van der Waals surface area contributed by atoms with Crippen molar-refractivity contribution in [3.05, 3.63) is 59.1 Å². The van der Waals surface area contributed by atoms with Crippen LogP contribution in [0.4, 0.5) is 11.4 Å². The van der Waals surface area contributed by atoms with Gasteiger partial charge in [-0.05, 0) is 29.8 Å². The van der Waals surface area contributed by atoms with E-state index in [1.165, 1.54) is 6.92 Å². The summed E-state index contributed by atoms with van der Waals surface area (Å²) in [6.07, 6.45) is 0.569. The molecule has 158 valence electrons. The first-order chi connectivity index (χ1) is 14.5. The second-order valence-corrected chi connectivity index (χ2v) is 8.27. The van der Waals surface area contributed by atoms with Gasteiger partial charge in [0.2, 0.25) is 11.8 Å². The number of para-hydroxylation sites is 1. The molecule has 1 N–H and O–H groups in total. The van der Waals surface area contributed by atoms with Crippen LogP contribution in [0.1, 0.15) is 12.5 Å². The molecule has 1 saturated heterocycles. The lowest BCUT2D eigenvalue weighted by atomic mass is 10.1. The molecule has 4 rings (SSSR count). The molecule has 1 atom stereocenters. The normalized spacial score (nSPS) is 18.9. The summed E-state index contributed by atoms with van der Waals surface area (Å²) in [5, 5.41) is 3.79. The maximum absolute atomic E-state index is 12.8. The number of nitrogens with one attached hydrogen (secondary N) is 1. The van der Waals surface area contributed by atoms with E-state index in [0.29, 0.717) is 13.0 Å². The van der Waals surface area contributed by atoms with Crippen LogP contribution in [-0.4, -0.2) is 62.0 Å². The molecule has 2 aromatic rings. The number of halogens is 1. The molecule has 7 heteroatoms. The number of fused-ring (bicyclic) bond motifs is 1. The van der Waals surface area contributed by atoms with Gasteiger partial charge in [0.1, 0.15) is 6.04 Å². The molecule has 1 unspecified atom stereocenters. The predicted molar refractivity (Wildman–Crippen MR) is 120 cm³/mol. The minimum absolute atomic E-state index is 0.0843.